The third kappa shape index (κ3) is 4.55. The van der Waals surface area contributed by atoms with Crippen LogP contribution in [0.3, 0.4) is 0 Å². The van der Waals surface area contributed by atoms with Crippen LogP contribution in [0.25, 0.3) is 0 Å². The molecule has 0 unspecified atom stereocenters. The Morgan fingerprint density at radius 3 is 2.57 bits per heavy atom. The maximum atomic E-state index is 13.6. The molecule has 0 aromatic heterocycles. The minimum absolute atomic E-state index is 0.159. The fourth-order valence-electron chi connectivity index (χ4n) is 2.46. The maximum Gasteiger partial charge on any atom is 0.262 e. The second kappa shape index (κ2) is 7.27. The van der Waals surface area contributed by atoms with Gasteiger partial charge < -0.3 is 10.1 Å². The zero-order valence-corrected chi connectivity index (χ0v) is 13.9. The predicted molar refractivity (Wildman–Crippen MR) is 90.5 cm³/mol. The number of carbonyl (C=O) groups is 1. The molecule has 0 saturated carbocycles. The van der Waals surface area contributed by atoms with Crippen molar-refractivity contribution >= 4 is 11.6 Å². The first-order chi connectivity index (χ1) is 10.9. The summed E-state index contributed by atoms with van der Waals surface area (Å²) in [6.45, 7) is 7.96. The molecule has 122 valence electrons. The zero-order chi connectivity index (χ0) is 17.0. The number of halogens is 1. The number of aryl methyl sites for hydroxylation is 2. The lowest BCUT2D eigenvalue weighted by Crippen LogP contribution is -2.21. The van der Waals surface area contributed by atoms with Gasteiger partial charge in [-0.25, -0.2) is 4.39 Å². The molecule has 0 saturated heterocycles. The van der Waals surface area contributed by atoms with Gasteiger partial charge in [0, 0.05) is 0 Å². The molecule has 0 atom stereocenters. The Hall–Kier alpha value is -2.36. The molecule has 0 aliphatic heterocycles. The van der Waals surface area contributed by atoms with Gasteiger partial charge in [0.15, 0.2) is 6.61 Å². The van der Waals surface area contributed by atoms with Crippen LogP contribution in [0, 0.1) is 19.7 Å². The highest BCUT2D eigenvalue weighted by atomic mass is 19.1. The van der Waals surface area contributed by atoms with Crippen molar-refractivity contribution in [3.63, 3.8) is 0 Å². The number of ether oxygens (including phenoxy) is 1. The van der Waals surface area contributed by atoms with E-state index in [4.69, 9.17) is 4.74 Å². The molecule has 2 aromatic carbocycles. The van der Waals surface area contributed by atoms with Crippen molar-refractivity contribution in [3.05, 3.63) is 58.9 Å². The van der Waals surface area contributed by atoms with Crippen LogP contribution < -0.4 is 10.1 Å². The average Bonchev–Trinajstić information content (AvgIpc) is 2.48. The Bertz CT molecular complexity index is 711. The summed E-state index contributed by atoms with van der Waals surface area (Å²) >= 11 is 0. The number of hydrogen-bond donors (Lipinski definition) is 1. The largest absolute Gasteiger partial charge is 0.484 e. The third-order valence-electron chi connectivity index (χ3n) is 3.63. The molecule has 1 amide bonds. The van der Waals surface area contributed by atoms with Gasteiger partial charge >= 0.3 is 0 Å². The molecule has 0 aliphatic rings. The molecule has 0 fully saturated rings. The summed E-state index contributed by atoms with van der Waals surface area (Å²) in [5.41, 5.74) is 3.43. The van der Waals surface area contributed by atoms with Gasteiger partial charge in [0.25, 0.3) is 5.91 Å². The number of carbonyl (C=O) groups excluding carboxylic acids is 1. The highest BCUT2D eigenvalue weighted by molar-refractivity contribution is 5.92. The van der Waals surface area contributed by atoms with Gasteiger partial charge in [-0.15, -0.1) is 0 Å². The van der Waals surface area contributed by atoms with E-state index in [0.29, 0.717) is 11.7 Å². The first kappa shape index (κ1) is 17.0. The fraction of sp³-hybridized carbons (Fsp3) is 0.316. The maximum absolute atomic E-state index is 13.6. The first-order valence-corrected chi connectivity index (χ1v) is 7.66. The van der Waals surface area contributed by atoms with Crippen molar-refractivity contribution in [1.29, 1.82) is 0 Å². The highest BCUT2D eigenvalue weighted by Crippen LogP contribution is 2.23. The Morgan fingerprint density at radius 1 is 1.17 bits per heavy atom. The van der Waals surface area contributed by atoms with Crippen LogP contribution in [-0.2, 0) is 4.79 Å². The SMILES string of the molecule is Cc1ccc(F)c(NC(=O)COc2ccc(C(C)C)c(C)c2)c1. The molecule has 4 heteroatoms. The smallest absolute Gasteiger partial charge is 0.262 e. The van der Waals surface area contributed by atoms with E-state index in [1.165, 1.54) is 11.6 Å². The van der Waals surface area contributed by atoms with Crippen molar-refractivity contribution in [2.45, 2.75) is 33.6 Å². The number of hydrogen-bond acceptors (Lipinski definition) is 2. The summed E-state index contributed by atoms with van der Waals surface area (Å²) in [6, 6.07) is 10.3. The van der Waals surface area contributed by atoms with Crippen LogP contribution in [0.4, 0.5) is 10.1 Å². The lowest BCUT2D eigenvalue weighted by atomic mass is 9.98. The summed E-state index contributed by atoms with van der Waals surface area (Å²) in [7, 11) is 0. The van der Waals surface area contributed by atoms with E-state index in [1.807, 2.05) is 32.0 Å². The van der Waals surface area contributed by atoms with Crippen molar-refractivity contribution in [2.75, 3.05) is 11.9 Å². The number of amides is 1. The summed E-state index contributed by atoms with van der Waals surface area (Å²) in [5, 5.41) is 2.53. The molecule has 2 rings (SSSR count). The minimum atomic E-state index is -0.457. The first-order valence-electron chi connectivity index (χ1n) is 7.66. The van der Waals surface area contributed by atoms with Crippen LogP contribution in [0.2, 0.25) is 0 Å². The topological polar surface area (TPSA) is 38.3 Å². The summed E-state index contributed by atoms with van der Waals surface area (Å²) < 4.78 is 19.1. The van der Waals surface area contributed by atoms with Crippen LogP contribution in [0.5, 0.6) is 5.75 Å². The normalized spacial score (nSPS) is 10.7. The number of benzene rings is 2. The van der Waals surface area contributed by atoms with Gasteiger partial charge in [-0.05, 0) is 60.7 Å². The molecule has 0 bridgehead atoms. The standard InChI is InChI=1S/C19H22FNO2/c1-12(2)16-7-6-15(10-14(16)4)23-11-19(22)21-18-9-13(3)5-8-17(18)20/h5-10,12H,11H2,1-4H3,(H,21,22). The highest BCUT2D eigenvalue weighted by Gasteiger charge is 2.09. The molecule has 1 N–H and O–H groups in total. The van der Waals surface area contributed by atoms with E-state index in [2.05, 4.69) is 19.2 Å². The van der Waals surface area contributed by atoms with E-state index in [1.54, 1.807) is 12.1 Å². The van der Waals surface area contributed by atoms with Crippen LogP contribution in [0.15, 0.2) is 36.4 Å². The number of nitrogens with one attached hydrogen (secondary N) is 1. The molecule has 0 aliphatic carbocycles. The van der Waals surface area contributed by atoms with Crippen molar-refractivity contribution < 1.29 is 13.9 Å². The van der Waals surface area contributed by atoms with Crippen molar-refractivity contribution in [2.24, 2.45) is 0 Å². The van der Waals surface area contributed by atoms with E-state index < -0.39 is 5.82 Å². The van der Waals surface area contributed by atoms with E-state index >= 15 is 0 Å². The Morgan fingerprint density at radius 2 is 1.91 bits per heavy atom. The Labute approximate surface area is 136 Å². The molecular formula is C19H22FNO2. The van der Waals surface area contributed by atoms with Gasteiger partial charge in [-0.3, -0.25) is 4.79 Å². The van der Waals surface area contributed by atoms with Crippen LogP contribution >= 0.6 is 0 Å². The lowest BCUT2D eigenvalue weighted by molar-refractivity contribution is -0.118. The average molecular weight is 315 g/mol. The summed E-state index contributed by atoms with van der Waals surface area (Å²) in [6.07, 6.45) is 0. The summed E-state index contributed by atoms with van der Waals surface area (Å²) in [4.78, 5) is 11.9. The second-order valence-corrected chi connectivity index (χ2v) is 5.99. The quantitative estimate of drug-likeness (QED) is 0.877. The van der Waals surface area contributed by atoms with Crippen LogP contribution in [0.1, 0.15) is 36.5 Å². The third-order valence-corrected chi connectivity index (χ3v) is 3.63. The van der Waals surface area contributed by atoms with Gasteiger partial charge in [0.2, 0.25) is 0 Å². The molecule has 23 heavy (non-hydrogen) atoms. The molecule has 0 spiro atoms. The predicted octanol–water partition coefficient (Wildman–Crippen LogP) is 4.58. The second-order valence-electron chi connectivity index (χ2n) is 5.99. The molecule has 0 radical (unpaired) electrons. The van der Waals surface area contributed by atoms with Gasteiger partial charge in [0.05, 0.1) is 5.69 Å². The van der Waals surface area contributed by atoms with Gasteiger partial charge in [-0.1, -0.05) is 26.0 Å². The molecule has 3 nitrogen and oxygen atoms in total. The van der Waals surface area contributed by atoms with E-state index in [0.717, 1.165) is 11.1 Å². The molecule has 0 heterocycles. The fourth-order valence-corrected chi connectivity index (χ4v) is 2.46. The zero-order valence-electron chi connectivity index (χ0n) is 13.9. The molecular weight excluding hydrogens is 293 g/mol. The van der Waals surface area contributed by atoms with Gasteiger partial charge in [0.1, 0.15) is 11.6 Å². The Balaban J connectivity index is 1.97. The van der Waals surface area contributed by atoms with E-state index in [-0.39, 0.29) is 18.2 Å². The van der Waals surface area contributed by atoms with Crippen molar-refractivity contribution in [1.82, 2.24) is 0 Å². The van der Waals surface area contributed by atoms with Crippen LogP contribution in [-0.4, -0.2) is 12.5 Å². The monoisotopic (exact) mass is 315 g/mol. The van der Waals surface area contributed by atoms with Gasteiger partial charge in [-0.2, -0.15) is 0 Å². The Kier molecular flexibility index (Phi) is 5.37. The summed E-state index contributed by atoms with van der Waals surface area (Å²) in [5.74, 6) is 0.226. The minimum Gasteiger partial charge on any atom is -0.484 e. The van der Waals surface area contributed by atoms with E-state index in [9.17, 15) is 9.18 Å². The molecule has 2 aromatic rings. The number of rotatable bonds is 5. The lowest BCUT2D eigenvalue weighted by Gasteiger charge is -2.13. The number of anilines is 1. The van der Waals surface area contributed by atoms with Crippen molar-refractivity contribution in [3.8, 4) is 5.75 Å².